The van der Waals surface area contributed by atoms with Crippen LogP contribution in [-0.4, -0.2) is 98.3 Å². The first-order valence-corrected chi connectivity index (χ1v) is 26.3. The van der Waals surface area contributed by atoms with E-state index < -0.39 is 75.7 Å². The van der Waals surface area contributed by atoms with Crippen LogP contribution in [-0.2, 0) is 32.7 Å². The van der Waals surface area contributed by atoms with Crippen molar-refractivity contribution in [3.8, 4) is 0 Å². The third-order valence-corrected chi connectivity index (χ3v) is 12.5. The van der Waals surface area contributed by atoms with Gasteiger partial charge in [0.25, 0.3) is 0 Å². The van der Waals surface area contributed by atoms with E-state index in [1.807, 2.05) is 12.2 Å². The summed E-state index contributed by atoms with van der Waals surface area (Å²) in [6, 6.07) is 0. The lowest BCUT2D eigenvalue weighted by atomic mass is 9.85. The molecule has 1 saturated carbocycles. The Balaban J connectivity index is 2.46. The number of unbranched alkanes of at least 4 members (excludes halogenated alkanes) is 23. The second-order valence-electron chi connectivity index (χ2n) is 17.3. The van der Waals surface area contributed by atoms with Crippen LogP contribution in [0.15, 0.2) is 36.5 Å². The summed E-state index contributed by atoms with van der Waals surface area (Å²) >= 11 is 0. The normalized spacial score (nSPS) is 22.0. The molecule has 0 aliphatic heterocycles. The van der Waals surface area contributed by atoms with Gasteiger partial charge in [0.15, 0.2) is 6.10 Å². The molecule has 0 saturated heterocycles. The third kappa shape index (κ3) is 31.6. The van der Waals surface area contributed by atoms with Gasteiger partial charge in [0, 0.05) is 12.8 Å². The Bertz CT molecular complexity index is 1240. The van der Waals surface area contributed by atoms with Gasteiger partial charge in [-0.3, -0.25) is 18.6 Å². The van der Waals surface area contributed by atoms with E-state index in [4.69, 9.17) is 18.5 Å². The summed E-state index contributed by atoms with van der Waals surface area (Å²) in [7, 11) is -5.13. The number of aliphatic hydroxyl groups is 5. The molecule has 0 aromatic rings. The molecule has 8 atom stereocenters. The molecule has 6 N–H and O–H groups in total. The van der Waals surface area contributed by atoms with Crippen molar-refractivity contribution >= 4 is 19.8 Å². The summed E-state index contributed by atoms with van der Waals surface area (Å²) < 4.78 is 33.5. The van der Waals surface area contributed by atoms with Crippen LogP contribution in [0.4, 0.5) is 0 Å². The van der Waals surface area contributed by atoms with E-state index in [9.17, 15) is 44.6 Å². The van der Waals surface area contributed by atoms with Gasteiger partial charge in [-0.2, -0.15) is 0 Å². The van der Waals surface area contributed by atoms with Gasteiger partial charge in [-0.15, -0.1) is 0 Å². The van der Waals surface area contributed by atoms with Crippen molar-refractivity contribution < 1.29 is 63.1 Å². The molecule has 0 aromatic heterocycles. The van der Waals surface area contributed by atoms with Crippen molar-refractivity contribution in [3.63, 3.8) is 0 Å². The standard InChI is InChI=1S/C49H89O13P/c1-3-5-7-9-11-13-15-17-19-21-23-25-27-29-31-33-35-37-42(50)59-39-41(40-60-63(57,58)62-49-47(55)45(53)44(52)46(54)48(49)56)61-43(51)38-36-34-32-30-28-26-24-22-20-18-16-14-12-10-8-6-4-2/h17,19,23,25,29,31,41,44-49,52-56H,3-16,18,20-22,24,26-28,30,32-40H2,1-2H3,(H,57,58)/b19-17+,25-23+,31-29+/t41-,44?,45-,46?,47?,48?,49?/m0/s1. The smallest absolute Gasteiger partial charge is 0.462 e. The van der Waals surface area contributed by atoms with Crippen LogP contribution in [0.2, 0.25) is 0 Å². The number of hydrogen-bond donors (Lipinski definition) is 6. The first-order chi connectivity index (χ1) is 30.4. The zero-order valence-electron chi connectivity index (χ0n) is 39.1. The Hall–Kier alpha value is -1.93. The number of hydrogen-bond acceptors (Lipinski definition) is 12. The molecule has 1 aliphatic rings. The summed E-state index contributed by atoms with van der Waals surface area (Å²) in [4.78, 5) is 35.7. The van der Waals surface area contributed by atoms with Crippen LogP contribution in [0.3, 0.4) is 0 Å². The van der Waals surface area contributed by atoms with Crippen molar-refractivity contribution in [1.82, 2.24) is 0 Å². The van der Waals surface area contributed by atoms with Crippen molar-refractivity contribution in [1.29, 1.82) is 0 Å². The molecule has 0 bridgehead atoms. The van der Waals surface area contributed by atoms with Gasteiger partial charge in [-0.25, -0.2) is 4.57 Å². The Morgan fingerprint density at radius 2 is 0.873 bits per heavy atom. The number of carbonyl (C=O) groups is 2. The second kappa shape index (κ2) is 39.3. The van der Waals surface area contributed by atoms with Gasteiger partial charge in [0.1, 0.15) is 43.2 Å². The van der Waals surface area contributed by atoms with Crippen LogP contribution in [0.5, 0.6) is 0 Å². The lowest BCUT2D eigenvalue weighted by molar-refractivity contribution is -0.220. The molecular formula is C49H89O13P. The number of rotatable bonds is 41. The van der Waals surface area contributed by atoms with Gasteiger partial charge in [0.05, 0.1) is 6.61 Å². The summed E-state index contributed by atoms with van der Waals surface area (Å²) in [6.07, 6.45) is 32.0. The monoisotopic (exact) mass is 917 g/mol. The molecule has 1 aliphatic carbocycles. The molecule has 0 radical (unpaired) electrons. The van der Waals surface area contributed by atoms with Crippen LogP contribution in [0.25, 0.3) is 0 Å². The highest BCUT2D eigenvalue weighted by Gasteiger charge is 2.51. The number of allylic oxidation sites excluding steroid dienone is 6. The average Bonchev–Trinajstić information content (AvgIpc) is 3.26. The average molecular weight is 917 g/mol. The number of esters is 2. The minimum Gasteiger partial charge on any atom is -0.462 e. The predicted molar refractivity (Wildman–Crippen MR) is 249 cm³/mol. The molecule has 0 heterocycles. The summed E-state index contributed by atoms with van der Waals surface area (Å²) in [5.74, 6) is -1.15. The first-order valence-electron chi connectivity index (χ1n) is 24.8. The lowest BCUT2D eigenvalue weighted by Gasteiger charge is -2.41. The zero-order chi connectivity index (χ0) is 46.4. The van der Waals surface area contributed by atoms with E-state index in [2.05, 4.69) is 38.2 Å². The minimum absolute atomic E-state index is 0.0897. The summed E-state index contributed by atoms with van der Waals surface area (Å²) in [5, 5.41) is 50.2. The maximum absolute atomic E-state index is 12.8. The van der Waals surface area contributed by atoms with E-state index in [0.717, 1.165) is 44.9 Å². The SMILES string of the molecule is CCCCCCCC/C=C/C/C=C/C/C=C/CCCC(=O)OC[C@@H](COP(=O)(O)OC1C(O)C(O)C(O)[C@H](O)C1O)OC(=O)CCCCCCCCCCCCCCCCCCC. The summed E-state index contributed by atoms with van der Waals surface area (Å²) in [5.41, 5.74) is 0. The molecule has 0 aromatic carbocycles. The van der Waals surface area contributed by atoms with E-state index in [-0.39, 0.29) is 12.8 Å². The highest BCUT2D eigenvalue weighted by atomic mass is 31.2. The second-order valence-corrected chi connectivity index (χ2v) is 18.7. The van der Waals surface area contributed by atoms with E-state index in [1.165, 1.54) is 116 Å². The van der Waals surface area contributed by atoms with E-state index in [1.54, 1.807) is 0 Å². The van der Waals surface area contributed by atoms with Crippen LogP contribution < -0.4 is 0 Å². The Kier molecular flexibility index (Phi) is 36.8. The maximum atomic E-state index is 12.8. The fourth-order valence-electron chi connectivity index (χ4n) is 7.48. The molecular weight excluding hydrogens is 827 g/mol. The predicted octanol–water partition coefficient (Wildman–Crippen LogP) is 10.2. The Morgan fingerprint density at radius 1 is 0.492 bits per heavy atom. The quantitative estimate of drug-likeness (QED) is 0.0146. The van der Waals surface area contributed by atoms with Gasteiger partial charge in [-0.05, 0) is 44.9 Å². The lowest BCUT2D eigenvalue weighted by Crippen LogP contribution is -2.64. The fourth-order valence-corrected chi connectivity index (χ4v) is 8.45. The minimum atomic E-state index is -5.13. The van der Waals surface area contributed by atoms with Gasteiger partial charge in [-0.1, -0.05) is 185 Å². The van der Waals surface area contributed by atoms with E-state index >= 15 is 0 Å². The van der Waals surface area contributed by atoms with Gasteiger partial charge >= 0.3 is 19.8 Å². The first kappa shape index (κ1) is 59.1. The molecule has 6 unspecified atom stereocenters. The van der Waals surface area contributed by atoms with Gasteiger partial charge in [0.2, 0.25) is 0 Å². The van der Waals surface area contributed by atoms with Crippen molar-refractivity contribution in [2.24, 2.45) is 0 Å². The van der Waals surface area contributed by atoms with Crippen molar-refractivity contribution in [2.75, 3.05) is 13.2 Å². The van der Waals surface area contributed by atoms with Crippen LogP contribution in [0.1, 0.15) is 206 Å². The largest absolute Gasteiger partial charge is 0.472 e. The number of phosphoric acid groups is 1. The molecule has 13 nitrogen and oxygen atoms in total. The number of aliphatic hydroxyl groups excluding tert-OH is 5. The topological polar surface area (TPSA) is 210 Å². The highest BCUT2D eigenvalue weighted by Crippen LogP contribution is 2.47. The molecule has 0 spiro atoms. The Labute approximate surface area is 380 Å². The van der Waals surface area contributed by atoms with Crippen LogP contribution in [0, 0.1) is 0 Å². The van der Waals surface area contributed by atoms with E-state index in [0.29, 0.717) is 19.3 Å². The molecule has 1 fully saturated rings. The Morgan fingerprint density at radius 3 is 1.35 bits per heavy atom. The number of phosphoric ester groups is 1. The molecule has 368 valence electrons. The molecule has 14 heteroatoms. The molecule has 63 heavy (non-hydrogen) atoms. The van der Waals surface area contributed by atoms with Crippen molar-refractivity contribution in [3.05, 3.63) is 36.5 Å². The highest BCUT2D eigenvalue weighted by molar-refractivity contribution is 7.47. The molecule has 0 amide bonds. The number of ether oxygens (including phenoxy) is 2. The number of carbonyl (C=O) groups excluding carboxylic acids is 2. The third-order valence-electron chi connectivity index (χ3n) is 11.5. The zero-order valence-corrected chi connectivity index (χ0v) is 40.0. The van der Waals surface area contributed by atoms with Gasteiger partial charge < -0.3 is 39.9 Å². The molecule has 1 rings (SSSR count). The van der Waals surface area contributed by atoms with Crippen molar-refractivity contribution in [2.45, 2.75) is 249 Å². The maximum Gasteiger partial charge on any atom is 0.472 e. The van der Waals surface area contributed by atoms with Crippen LogP contribution >= 0.6 is 7.82 Å². The fraction of sp³-hybridized carbons (Fsp3) is 0.837. The summed E-state index contributed by atoms with van der Waals surface area (Å²) in [6.45, 7) is 3.27.